The molecule has 0 aromatic heterocycles. The Balaban J connectivity index is 2.15. The lowest BCUT2D eigenvalue weighted by Crippen LogP contribution is -2.41. The smallest absolute Gasteiger partial charge is 0.314 e. The van der Waals surface area contributed by atoms with E-state index >= 15 is 0 Å². The highest BCUT2D eigenvalue weighted by molar-refractivity contribution is 7.17. The molecule has 0 aromatic carbocycles. The van der Waals surface area contributed by atoms with Crippen LogP contribution in [0.3, 0.4) is 0 Å². The third-order valence-electron chi connectivity index (χ3n) is 1.22. The van der Waals surface area contributed by atoms with Gasteiger partial charge in [-0.25, -0.2) is 9.19 Å². The normalized spacial score (nSPS) is 22.7. The molecule has 0 aromatic rings. The summed E-state index contributed by atoms with van der Waals surface area (Å²) in [5.74, 6) is 0. The second kappa shape index (κ2) is 3.90. The van der Waals surface area contributed by atoms with Gasteiger partial charge in [-0.05, 0) is 0 Å². The maximum atomic E-state index is 9.89. The lowest BCUT2D eigenvalue weighted by molar-refractivity contribution is -0.0542. The van der Waals surface area contributed by atoms with Crippen LogP contribution in [0.4, 0.5) is 0 Å². The molecular weight excluding hydrogens is 139 g/mol. The predicted molar refractivity (Wildman–Crippen MR) is 33.1 cm³/mol. The summed E-state index contributed by atoms with van der Waals surface area (Å²) in [5, 5.41) is 4.83. The number of rotatable bonds is 2. The molecule has 0 spiro atoms. The van der Waals surface area contributed by atoms with E-state index in [1.54, 1.807) is 5.06 Å². The van der Waals surface area contributed by atoms with E-state index < -0.39 is 0 Å². The maximum Gasteiger partial charge on any atom is 0.346 e. The van der Waals surface area contributed by atoms with Gasteiger partial charge in [-0.1, -0.05) is 0 Å². The molecule has 0 aliphatic carbocycles. The maximum absolute atomic E-state index is 9.89. The molecule has 1 heterocycles. The lowest BCUT2D eigenvalue weighted by Gasteiger charge is -2.22. The Kier molecular flexibility index (Phi) is 3.08. The molecule has 1 aliphatic heterocycles. The van der Waals surface area contributed by atoms with Gasteiger partial charge in [-0.15, -0.1) is 0 Å². The van der Waals surface area contributed by atoms with Crippen LogP contribution in [-0.4, -0.2) is 31.2 Å². The summed E-state index contributed by atoms with van der Waals surface area (Å²) in [6, 6.07) is 0. The molecule has 0 radical (unpaired) electrons. The van der Waals surface area contributed by atoms with Crippen molar-refractivity contribution < 1.29 is 9.19 Å². The van der Waals surface area contributed by atoms with Crippen molar-refractivity contribution in [3.05, 3.63) is 0 Å². The summed E-state index contributed by atoms with van der Waals surface area (Å²) in [5.41, 5.74) is 0. The first-order chi connectivity index (χ1) is 4.43. The van der Waals surface area contributed by atoms with E-state index in [2.05, 4.69) is 5.32 Å². The molecule has 1 fully saturated rings. The van der Waals surface area contributed by atoms with Crippen LogP contribution in [0.25, 0.3) is 0 Å². The fourth-order valence-corrected chi connectivity index (χ4v) is 1.03. The van der Waals surface area contributed by atoms with Gasteiger partial charge in [0, 0.05) is 26.2 Å². The fourth-order valence-electron chi connectivity index (χ4n) is 0.773. The highest BCUT2D eigenvalue weighted by Crippen LogP contribution is 2.01. The number of hydrogen-bond acceptors (Lipinski definition) is 4. The molecule has 0 unspecified atom stereocenters. The number of nitrogens with zero attached hydrogens (tertiary/aromatic N) is 1. The average molecular weight is 148 g/mol. The Hall–Kier alpha value is -0.0200. The summed E-state index contributed by atoms with van der Waals surface area (Å²) in [6.45, 7) is 3.45. The van der Waals surface area contributed by atoms with Crippen LogP contribution in [0.1, 0.15) is 0 Å². The van der Waals surface area contributed by atoms with Crippen LogP contribution in [0.2, 0.25) is 0 Å². The first kappa shape index (κ1) is 7.09. The number of nitrogens with one attached hydrogen (secondary N) is 1. The summed E-state index contributed by atoms with van der Waals surface area (Å²) >= 11 is 0. The third kappa shape index (κ3) is 2.37. The number of hydroxylamine groups is 2. The Bertz CT molecular complexity index is 94.6. The van der Waals surface area contributed by atoms with Crippen molar-refractivity contribution in [3.63, 3.8) is 0 Å². The SMILES string of the molecule is O=PON1CCNCC1. The molecule has 0 atom stereocenters. The second-order valence-corrected chi connectivity index (χ2v) is 2.15. The Labute approximate surface area is 55.4 Å². The second-order valence-electron chi connectivity index (χ2n) is 1.84. The zero-order valence-corrected chi connectivity index (χ0v) is 5.93. The molecule has 5 heteroatoms. The predicted octanol–water partition coefficient (Wildman–Crippen LogP) is 0.0299. The molecule has 1 saturated heterocycles. The van der Waals surface area contributed by atoms with E-state index in [-0.39, 0.29) is 8.69 Å². The third-order valence-corrected chi connectivity index (χ3v) is 1.52. The van der Waals surface area contributed by atoms with Crippen LogP contribution in [0.15, 0.2) is 0 Å². The van der Waals surface area contributed by atoms with Gasteiger partial charge < -0.3 is 5.32 Å². The average Bonchev–Trinajstić information content (AvgIpc) is 1.91. The number of hydrogen-bond donors (Lipinski definition) is 1. The van der Waals surface area contributed by atoms with E-state index in [1.165, 1.54) is 0 Å². The van der Waals surface area contributed by atoms with Gasteiger partial charge in [0.05, 0.1) is 0 Å². The van der Waals surface area contributed by atoms with Gasteiger partial charge in [0.2, 0.25) is 0 Å². The van der Waals surface area contributed by atoms with Gasteiger partial charge >= 0.3 is 8.69 Å². The summed E-state index contributed by atoms with van der Waals surface area (Å²) < 4.78 is 14.6. The molecule has 0 amide bonds. The minimum absolute atomic E-state index is 0.253. The molecule has 9 heavy (non-hydrogen) atoms. The molecule has 52 valence electrons. The molecule has 0 saturated carbocycles. The van der Waals surface area contributed by atoms with Crippen molar-refractivity contribution in [1.29, 1.82) is 0 Å². The Morgan fingerprint density at radius 2 is 2.11 bits per heavy atom. The Morgan fingerprint density at radius 1 is 1.44 bits per heavy atom. The van der Waals surface area contributed by atoms with Crippen molar-refractivity contribution >= 4 is 8.69 Å². The molecule has 1 N–H and O–H groups in total. The van der Waals surface area contributed by atoms with Crippen molar-refractivity contribution in [3.8, 4) is 0 Å². The monoisotopic (exact) mass is 148 g/mol. The van der Waals surface area contributed by atoms with Gasteiger partial charge in [-0.2, -0.15) is 5.06 Å². The van der Waals surface area contributed by atoms with Crippen molar-refractivity contribution in [2.24, 2.45) is 0 Å². The van der Waals surface area contributed by atoms with E-state index in [4.69, 9.17) is 4.62 Å². The van der Waals surface area contributed by atoms with E-state index in [0.717, 1.165) is 26.2 Å². The first-order valence-electron chi connectivity index (χ1n) is 2.89. The highest BCUT2D eigenvalue weighted by atomic mass is 31.1. The van der Waals surface area contributed by atoms with Crippen LogP contribution in [0, 0.1) is 0 Å². The van der Waals surface area contributed by atoms with Gasteiger partial charge in [0.25, 0.3) is 0 Å². The summed E-state index contributed by atoms with van der Waals surface area (Å²) in [7, 11) is -0.253. The lowest BCUT2D eigenvalue weighted by atomic mass is 10.4. The van der Waals surface area contributed by atoms with Crippen LogP contribution in [-0.2, 0) is 9.19 Å². The summed E-state index contributed by atoms with van der Waals surface area (Å²) in [6.07, 6.45) is 0. The minimum atomic E-state index is -0.253. The van der Waals surface area contributed by atoms with Crippen LogP contribution < -0.4 is 5.32 Å². The van der Waals surface area contributed by atoms with Gasteiger partial charge in [-0.3, -0.25) is 0 Å². The van der Waals surface area contributed by atoms with Gasteiger partial charge in [0.15, 0.2) is 0 Å². The van der Waals surface area contributed by atoms with Crippen molar-refractivity contribution in [2.75, 3.05) is 26.2 Å². The summed E-state index contributed by atoms with van der Waals surface area (Å²) in [4.78, 5) is 0. The van der Waals surface area contributed by atoms with E-state index in [1.807, 2.05) is 0 Å². The molecular formula is C4H9N2O2P. The van der Waals surface area contributed by atoms with Crippen LogP contribution >= 0.6 is 8.69 Å². The molecule has 4 nitrogen and oxygen atoms in total. The largest absolute Gasteiger partial charge is 0.346 e. The van der Waals surface area contributed by atoms with Crippen molar-refractivity contribution in [1.82, 2.24) is 10.4 Å². The van der Waals surface area contributed by atoms with Crippen LogP contribution in [0.5, 0.6) is 0 Å². The fraction of sp³-hybridized carbons (Fsp3) is 1.00. The standard InChI is InChI=1S/C4H9N2O2P/c7-9-8-6-3-1-5-2-4-6/h5H,1-4H2. The quantitative estimate of drug-likeness (QED) is 0.561. The minimum Gasteiger partial charge on any atom is -0.314 e. The topological polar surface area (TPSA) is 41.6 Å². The molecule has 0 bridgehead atoms. The van der Waals surface area contributed by atoms with E-state index in [9.17, 15) is 4.57 Å². The zero-order valence-electron chi connectivity index (χ0n) is 5.04. The Morgan fingerprint density at radius 3 is 2.67 bits per heavy atom. The number of piperazine rings is 1. The molecule has 1 aliphatic rings. The molecule has 1 rings (SSSR count). The van der Waals surface area contributed by atoms with E-state index in [0.29, 0.717) is 0 Å². The zero-order chi connectivity index (χ0) is 6.53. The highest BCUT2D eigenvalue weighted by Gasteiger charge is 2.08. The first-order valence-corrected chi connectivity index (χ1v) is 3.62. The van der Waals surface area contributed by atoms with Gasteiger partial charge in [0.1, 0.15) is 0 Å². The van der Waals surface area contributed by atoms with Crippen molar-refractivity contribution in [2.45, 2.75) is 0 Å².